The van der Waals surface area contributed by atoms with Crippen LogP contribution in [0.3, 0.4) is 0 Å². The predicted molar refractivity (Wildman–Crippen MR) is 74.4 cm³/mol. The standard InChI is InChI=1S/C13H20N4O2/c1-4-5-6-7-8-17-12(18)10-11(14-9-15(10)2)16(3)13(17)19/h9H,4-8H2,1-3H3/i1D3,2D3,3D3,5D2. The molecule has 0 saturated carbocycles. The first-order chi connectivity index (χ1) is 13.4. The third kappa shape index (κ3) is 2.34. The van der Waals surface area contributed by atoms with Crippen molar-refractivity contribution in [2.24, 2.45) is 14.0 Å². The summed E-state index contributed by atoms with van der Waals surface area (Å²) < 4.78 is 83.5. The van der Waals surface area contributed by atoms with Crippen LogP contribution in [-0.2, 0) is 20.5 Å². The van der Waals surface area contributed by atoms with Crippen molar-refractivity contribution in [3.8, 4) is 0 Å². The summed E-state index contributed by atoms with van der Waals surface area (Å²) in [7, 11) is 0. The fraction of sp³-hybridized carbons (Fsp3) is 0.615. The van der Waals surface area contributed by atoms with E-state index in [2.05, 4.69) is 4.98 Å². The predicted octanol–water partition coefficient (Wildman–Crippen LogP) is 1.01. The quantitative estimate of drug-likeness (QED) is 0.818. The van der Waals surface area contributed by atoms with Crippen LogP contribution >= 0.6 is 0 Å². The van der Waals surface area contributed by atoms with E-state index in [1.54, 1.807) is 0 Å². The molecule has 0 saturated heterocycles. The molecular weight excluding hydrogens is 244 g/mol. The highest BCUT2D eigenvalue weighted by Crippen LogP contribution is 2.04. The zero-order valence-corrected chi connectivity index (χ0v) is 10.0. The average Bonchev–Trinajstić information content (AvgIpc) is 2.91. The van der Waals surface area contributed by atoms with Gasteiger partial charge in [0.25, 0.3) is 5.56 Å². The van der Waals surface area contributed by atoms with Gasteiger partial charge in [-0.15, -0.1) is 0 Å². The molecule has 0 radical (unpaired) electrons. The zero-order chi connectivity index (χ0) is 23.3. The van der Waals surface area contributed by atoms with Crippen molar-refractivity contribution < 1.29 is 15.1 Å². The van der Waals surface area contributed by atoms with Crippen molar-refractivity contribution in [1.29, 1.82) is 0 Å². The molecule has 0 amide bonds. The van der Waals surface area contributed by atoms with Crippen molar-refractivity contribution in [1.82, 2.24) is 18.7 Å². The summed E-state index contributed by atoms with van der Waals surface area (Å²) in [5.41, 5.74) is -3.54. The molecule has 0 aliphatic heterocycles. The minimum atomic E-state index is -3.06. The number of rotatable bonds is 5. The number of aromatic nitrogens is 4. The molecule has 0 aromatic carbocycles. The van der Waals surface area contributed by atoms with Gasteiger partial charge in [0.15, 0.2) is 11.2 Å². The Morgan fingerprint density at radius 2 is 2.26 bits per heavy atom. The van der Waals surface area contributed by atoms with Crippen LogP contribution in [0.4, 0.5) is 0 Å². The van der Waals surface area contributed by atoms with Gasteiger partial charge in [-0.05, 0) is 6.42 Å². The molecule has 0 aliphatic carbocycles. The monoisotopic (exact) mass is 275 g/mol. The fourth-order valence-corrected chi connectivity index (χ4v) is 1.78. The SMILES string of the molecule is [2H]C([2H])([2H])CC([2H])([2H])CCCn1c(=O)c2c(ncn2C([2H])([2H])[2H])n(C([2H])([2H])[2H])c1=O. The number of aryl methyl sites for hydroxylation is 2. The van der Waals surface area contributed by atoms with Gasteiger partial charge in [-0.2, -0.15) is 0 Å². The molecule has 0 aliphatic rings. The summed E-state index contributed by atoms with van der Waals surface area (Å²) in [4.78, 5) is 29.1. The fourth-order valence-electron chi connectivity index (χ4n) is 1.78. The lowest BCUT2D eigenvalue weighted by molar-refractivity contribution is 0.539. The second kappa shape index (κ2) is 5.42. The smallest absolute Gasteiger partial charge is 0.328 e. The zero-order valence-electron chi connectivity index (χ0n) is 21.0. The molecule has 0 spiro atoms. The number of nitrogens with zero attached hydrogens (tertiary/aromatic N) is 4. The van der Waals surface area contributed by atoms with Gasteiger partial charge < -0.3 is 4.57 Å². The maximum atomic E-state index is 12.8. The Labute approximate surface area is 126 Å². The van der Waals surface area contributed by atoms with Crippen LogP contribution in [0.25, 0.3) is 11.2 Å². The third-order valence-electron chi connectivity index (χ3n) is 2.69. The topological polar surface area (TPSA) is 61.8 Å². The molecule has 0 unspecified atom stereocenters. The van der Waals surface area contributed by atoms with Gasteiger partial charge in [-0.25, -0.2) is 9.78 Å². The first-order valence-electron chi connectivity index (χ1n) is 11.1. The maximum Gasteiger partial charge on any atom is 0.332 e. The Hall–Kier alpha value is -1.85. The molecular formula is C13H20N4O2. The van der Waals surface area contributed by atoms with Gasteiger partial charge in [-0.3, -0.25) is 13.9 Å². The Bertz CT molecular complexity index is 1040. The molecule has 104 valence electrons. The van der Waals surface area contributed by atoms with Gasteiger partial charge in [0.1, 0.15) is 0 Å². The van der Waals surface area contributed by atoms with Crippen LogP contribution in [0.15, 0.2) is 15.9 Å². The average molecular weight is 275 g/mol. The van der Waals surface area contributed by atoms with Crippen molar-refractivity contribution >= 4 is 11.2 Å². The molecule has 0 N–H and O–H groups in total. The van der Waals surface area contributed by atoms with Crippen LogP contribution in [0.1, 0.15) is 47.6 Å². The number of fused-ring (bicyclic) bond motifs is 1. The van der Waals surface area contributed by atoms with E-state index >= 15 is 0 Å². The van der Waals surface area contributed by atoms with E-state index in [4.69, 9.17) is 15.1 Å². The Kier molecular flexibility index (Phi) is 1.50. The van der Waals surface area contributed by atoms with E-state index in [1.807, 2.05) is 0 Å². The second-order valence-electron chi connectivity index (χ2n) is 3.89. The largest absolute Gasteiger partial charge is 0.332 e. The van der Waals surface area contributed by atoms with Crippen LogP contribution < -0.4 is 11.2 Å². The maximum absolute atomic E-state index is 12.8. The summed E-state index contributed by atoms with van der Waals surface area (Å²) >= 11 is 0. The van der Waals surface area contributed by atoms with Crippen LogP contribution in [0, 0.1) is 0 Å². The molecule has 0 fully saturated rings. The molecule has 6 heteroatoms. The van der Waals surface area contributed by atoms with Gasteiger partial charge in [-0.1, -0.05) is 26.1 Å². The number of hydrogen-bond donors (Lipinski definition) is 0. The second-order valence-corrected chi connectivity index (χ2v) is 3.89. The highest BCUT2D eigenvalue weighted by atomic mass is 16.2. The molecule has 19 heavy (non-hydrogen) atoms. The highest BCUT2D eigenvalue weighted by Gasteiger charge is 2.14. The van der Waals surface area contributed by atoms with Crippen molar-refractivity contribution in [2.75, 3.05) is 0 Å². The van der Waals surface area contributed by atoms with E-state index in [1.165, 1.54) is 0 Å². The molecule has 6 nitrogen and oxygen atoms in total. The van der Waals surface area contributed by atoms with Crippen LogP contribution in [-0.4, -0.2) is 18.7 Å². The van der Waals surface area contributed by atoms with E-state index in [0.717, 1.165) is 6.33 Å². The summed E-state index contributed by atoms with van der Waals surface area (Å²) in [5.74, 6) is 0. The van der Waals surface area contributed by atoms with Gasteiger partial charge in [0.05, 0.1) is 6.33 Å². The number of imidazole rings is 1. The van der Waals surface area contributed by atoms with Crippen molar-refractivity contribution in [3.63, 3.8) is 0 Å². The minimum absolute atomic E-state index is 0.160. The van der Waals surface area contributed by atoms with Crippen LogP contribution in [0.5, 0.6) is 0 Å². The minimum Gasteiger partial charge on any atom is -0.328 e. The lowest BCUT2D eigenvalue weighted by Crippen LogP contribution is -2.39. The Morgan fingerprint density at radius 3 is 3.00 bits per heavy atom. The van der Waals surface area contributed by atoms with E-state index in [-0.39, 0.29) is 17.4 Å². The van der Waals surface area contributed by atoms with Crippen molar-refractivity contribution in [2.45, 2.75) is 39.0 Å². The Morgan fingerprint density at radius 1 is 1.37 bits per heavy atom. The molecule has 0 bridgehead atoms. The molecule has 2 heterocycles. The van der Waals surface area contributed by atoms with E-state index in [9.17, 15) is 9.59 Å². The first-order valence-corrected chi connectivity index (χ1v) is 5.59. The summed E-state index contributed by atoms with van der Waals surface area (Å²) in [5, 5.41) is 0. The summed E-state index contributed by atoms with van der Waals surface area (Å²) in [6.07, 6.45) is -2.57. The van der Waals surface area contributed by atoms with Gasteiger partial charge >= 0.3 is 5.69 Å². The molecule has 2 aromatic rings. The Balaban J connectivity index is 2.55. The van der Waals surface area contributed by atoms with E-state index in [0.29, 0.717) is 9.13 Å². The lowest BCUT2D eigenvalue weighted by Gasteiger charge is -2.08. The normalized spacial score (nSPS) is 22.6. The highest BCUT2D eigenvalue weighted by molar-refractivity contribution is 5.69. The van der Waals surface area contributed by atoms with Gasteiger partial charge in [0.2, 0.25) is 0 Å². The summed E-state index contributed by atoms with van der Waals surface area (Å²) in [6.45, 7) is -8.87. The molecule has 2 rings (SSSR count). The molecule has 0 atom stereocenters. The van der Waals surface area contributed by atoms with Gasteiger partial charge in [0, 0.05) is 35.6 Å². The number of hydrogen-bond acceptors (Lipinski definition) is 3. The lowest BCUT2D eigenvalue weighted by atomic mass is 10.2. The van der Waals surface area contributed by atoms with Crippen molar-refractivity contribution in [3.05, 3.63) is 27.2 Å². The molecule has 2 aromatic heterocycles. The summed E-state index contributed by atoms with van der Waals surface area (Å²) in [6, 6.07) is 0. The van der Waals surface area contributed by atoms with Crippen LogP contribution in [0.2, 0.25) is 0 Å². The van der Waals surface area contributed by atoms with E-state index < -0.39 is 62.6 Å². The third-order valence-corrected chi connectivity index (χ3v) is 2.69. The first kappa shape index (κ1) is 5.26.